The van der Waals surface area contributed by atoms with Gasteiger partial charge in [-0.25, -0.2) is 0 Å². The maximum absolute atomic E-state index is 13.0. The second-order valence-electron chi connectivity index (χ2n) is 6.26. The zero-order valence-corrected chi connectivity index (χ0v) is 18.1. The van der Waals surface area contributed by atoms with Gasteiger partial charge in [0.2, 0.25) is 5.91 Å². The van der Waals surface area contributed by atoms with Gasteiger partial charge in [-0.05, 0) is 48.4 Å². The Morgan fingerprint density at radius 1 is 1.10 bits per heavy atom. The van der Waals surface area contributed by atoms with Crippen LogP contribution in [0.15, 0.2) is 42.5 Å². The summed E-state index contributed by atoms with van der Waals surface area (Å²) in [5.74, 6) is 0.627. The monoisotopic (exact) mass is 438 g/mol. The molecule has 0 fully saturated rings. The van der Waals surface area contributed by atoms with Crippen LogP contribution in [0.2, 0.25) is 10.0 Å². The molecule has 0 aliphatic rings. The van der Waals surface area contributed by atoms with Crippen molar-refractivity contribution < 1.29 is 19.1 Å². The van der Waals surface area contributed by atoms with Gasteiger partial charge in [0, 0.05) is 23.6 Å². The van der Waals surface area contributed by atoms with E-state index in [1.165, 1.54) is 11.9 Å². The van der Waals surface area contributed by atoms with Crippen molar-refractivity contribution in [3.05, 3.63) is 58.1 Å². The van der Waals surface area contributed by atoms with Gasteiger partial charge in [-0.3, -0.25) is 9.59 Å². The van der Waals surface area contributed by atoms with Gasteiger partial charge in [0.05, 0.1) is 7.11 Å². The fourth-order valence-electron chi connectivity index (χ4n) is 2.82. The lowest BCUT2D eigenvalue weighted by Gasteiger charge is -2.30. The first-order valence-corrected chi connectivity index (χ1v) is 9.87. The smallest absolute Gasteiger partial charge is 0.261 e. The van der Waals surface area contributed by atoms with E-state index in [0.717, 1.165) is 0 Å². The van der Waals surface area contributed by atoms with E-state index in [9.17, 15) is 9.59 Å². The van der Waals surface area contributed by atoms with Crippen LogP contribution in [0, 0.1) is 0 Å². The summed E-state index contributed by atoms with van der Waals surface area (Å²) in [6.45, 7) is 1.78. The number of carbonyl (C=O) groups excluding carboxylic acids is 2. The fraction of sp³-hybridized carbons (Fsp3) is 0.333. The molecule has 0 unspecified atom stereocenters. The SMILES string of the molecule is CC[C@@H](C(=O)NC)N(Cc1ccc(Cl)cc1Cl)C(=O)COc1ccc(OC)cc1. The van der Waals surface area contributed by atoms with Crippen LogP contribution >= 0.6 is 23.2 Å². The minimum absolute atomic E-state index is 0.159. The largest absolute Gasteiger partial charge is 0.497 e. The minimum Gasteiger partial charge on any atom is -0.497 e. The average Bonchev–Trinajstić information content (AvgIpc) is 2.73. The molecule has 0 spiro atoms. The van der Waals surface area contributed by atoms with Crippen molar-refractivity contribution >= 4 is 35.0 Å². The van der Waals surface area contributed by atoms with Crippen LogP contribution in [-0.2, 0) is 16.1 Å². The second kappa shape index (κ2) is 10.9. The molecule has 0 bridgehead atoms. The lowest BCUT2D eigenvalue weighted by atomic mass is 10.1. The van der Waals surface area contributed by atoms with Crippen molar-refractivity contribution in [2.75, 3.05) is 20.8 Å². The summed E-state index contributed by atoms with van der Waals surface area (Å²) in [6.07, 6.45) is 0.444. The maximum atomic E-state index is 13.0. The van der Waals surface area contributed by atoms with Crippen LogP contribution in [0.5, 0.6) is 11.5 Å². The number of nitrogens with one attached hydrogen (secondary N) is 1. The number of benzene rings is 2. The molecule has 2 aromatic carbocycles. The number of likely N-dealkylation sites (N-methyl/N-ethyl adjacent to an activating group) is 1. The predicted octanol–water partition coefficient (Wildman–Crippen LogP) is 3.93. The van der Waals surface area contributed by atoms with E-state index in [4.69, 9.17) is 32.7 Å². The van der Waals surface area contributed by atoms with Crippen molar-refractivity contribution in [1.29, 1.82) is 0 Å². The molecule has 0 aromatic heterocycles. The molecule has 2 amide bonds. The van der Waals surface area contributed by atoms with Gasteiger partial charge >= 0.3 is 0 Å². The number of nitrogens with zero attached hydrogens (tertiary/aromatic N) is 1. The normalized spacial score (nSPS) is 11.5. The molecule has 6 nitrogen and oxygen atoms in total. The van der Waals surface area contributed by atoms with E-state index >= 15 is 0 Å². The van der Waals surface area contributed by atoms with E-state index in [1.807, 2.05) is 6.92 Å². The Morgan fingerprint density at radius 3 is 2.31 bits per heavy atom. The number of rotatable bonds is 9. The van der Waals surface area contributed by atoms with Gasteiger partial charge in [0.25, 0.3) is 5.91 Å². The Labute approximate surface area is 180 Å². The third kappa shape index (κ3) is 6.27. The summed E-state index contributed by atoms with van der Waals surface area (Å²) in [4.78, 5) is 26.8. The summed E-state index contributed by atoms with van der Waals surface area (Å²) in [6, 6.07) is 11.3. The van der Waals surface area contributed by atoms with E-state index in [2.05, 4.69) is 5.32 Å². The van der Waals surface area contributed by atoms with Crippen LogP contribution in [0.1, 0.15) is 18.9 Å². The van der Waals surface area contributed by atoms with E-state index in [1.54, 1.807) is 49.6 Å². The van der Waals surface area contributed by atoms with Gasteiger partial charge in [-0.2, -0.15) is 0 Å². The summed E-state index contributed by atoms with van der Waals surface area (Å²) in [5, 5.41) is 3.53. The number of halogens is 2. The topological polar surface area (TPSA) is 67.9 Å². The molecule has 0 radical (unpaired) electrons. The first kappa shape index (κ1) is 22.8. The zero-order valence-electron chi connectivity index (χ0n) is 16.6. The standard InChI is InChI=1S/C21H24Cl2N2O4/c1-4-19(21(27)24-2)25(12-14-5-6-15(22)11-18(14)23)20(26)13-29-17-9-7-16(28-3)8-10-17/h5-11,19H,4,12-13H2,1-3H3,(H,24,27)/t19-/m0/s1. The number of amides is 2. The highest BCUT2D eigenvalue weighted by atomic mass is 35.5. The number of methoxy groups -OCH3 is 1. The summed E-state index contributed by atoms with van der Waals surface area (Å²) in [5.41, 5.74) is 0.691. The number of ether oxygens (including phenoxy) is 2. The summed E-state index contributed by atoms with van der Waals surface area (Å²) >= 11 is 12.2. The van der Waals surface area contributed by atoms with Gasteiger partial charge in [-0.15, -0.1) is 0 Å². The molecule has 2 aromatic rings. The van der Waals surface area contributed by atoms with Gasteiger partial charge in [-0.1, -0.05) is 36.2 Å². The average molecular weight is 439 g/mol. The summed E-state index contributed by atoms with van der Waals surface area (Å²) < 4.78 is 10.7. The molecule has 0 aliphatic carbocycles. The molecule has 0 aliphatic heterocycles. The third-order valence-corrected chi connectivity index (χ3v) is 5.00. The lowest BCUT2D eigenvalue weighted by molar-refractivity contribution is -0.142. The van der Waals surface area contributed by atoms with Gasteiger partial charge in [0.1, 0.15) is 17.5 Å². The van der Waals surface area contributed by atoms with E-state index < -0.39 is 6.04 Å². The predicted molar refractivity (Wildman–Crippen MR) is 114 cm³/mol. The molecule has 2 rings (SSSR count). The maximum Gasteiger partial charge on any atom is 0.261 e. The highest BCUT2D eigenvalue weighted by molar-refractivity contribution is 6.35. The zero-order chi connectivity index (χ0) is 21.4. The summed E-state index contributed by atoms with van der Waals surface area (Å²) in [7, 11) is 3.11. The molecular weight excluding hydrogens is 415 g/mol. The van der Waals surface area contributed by atoms with Crippen LogP contribution in [-0.4, -0.2) is 43.5 Å². The van der Waals surface area contributed by atoms with Gasteiger partial charge < -0.3 is 19.7 Å². The molecule has 0 heterocycles. The Hall–Kier alpha value is -2.44. The highest BCUT2D eigenvalue weighted by Gasteiger charge is 2.28. The Kier molecular flexibility index (Phi) is 8.61. The van der Waals surface area contributed by atoms with Crippen LogP contribution < -0.4 is 14.8 Å². The lowest BCUT2D eigenvalue weighted by Crippen LogP contribution is -2.49. The van der Waals surface area contributed by atoms with Crippen LogP contribution in [0.4, 0.5) is 0 Å². The Morgan fingerprint density at radius 2 is 1.76 bits per heavy atom. The Bertz CT molecular complexity index is 843. The first-order chi connectivity index (χ1) is 13.9. The number of hydrogen-bond acceptors (Lipinski definition) is 4. The minimum atomic E-state index is -0.654. The van der Waals surface area contributed by atoms with Crippen molar-refractivity contribution in [2.24, 2.45) is 0 Å². The highest BCUT2D eigenvalue weighted by Crippen LogP contribution is 2.24. The molecule has 0 saturated carbocycles. The molecule has 1 atom stereocenters. The first-order valence-electron chi connectivity index (χ1n) is 9.11. The van der Waals surface area contributed by atoms with Gasteiger partial charge in [0.15, 0.2) is 6.61 Å². The molecule has 8 heteroatoms. The van der Waals surface area contributed by atoms with Crippen LogP contribution in [0.25, 0.3) is 0 Å². The molecule has 156 valence electrons. The van der Waals surface area contributed by atoms with E-state index in [0.29, 0.717) is 33.5 Å². The van der Waals surface area contributed by atoms with Crippen molar-refractivity contribution in [1.82, 2.24) is 10.2 Å². The van der Waals surface area contributed by atoms with Crippen LogP contribution in [0.3, 0.4) is 0 Å². The quantitative estimate of drug-likeness (QED) is 0.643. The van der Waals surface area contributed by atoms with Crippen molar-refractivity contribution in [3.8, 4) is 11.5 Å². The van der Waals surface area contributed by atoms with E-state index in [-0.39, 0.29) is 25.0 Å². The number of hydrogen-bond donors (Lipinski definition) is 1. The fourth-order valence-corrected chi connectivity index (χ4v) is 3.29. The van der Waals surface area contributed by atoms with Crippen molar-refractivity contribution in [2.45, 2.75) is 25.9 Å². The second-order valence-corrected chi connectivity index (χ2v) is 7.10. The molecule has 29 heavy (non-hydrogen) atoms. The van der Waals surface area contributed by atoms with Crippen molar-refractivity contribution in [3.63, 3.8) is 0 Å². The third-order valence-electron chi connectivity index (χ3n) is 4.41. The molecule has 0 saturated heterocycles. The Balaban J connectivity index is 2.20. The molecular formula is C21H24Cl2N2O4. The molecule has 1 N–H and O–H groups in total. The number of carbonyl (C=O) groups is 2.